The molecular weight excluding hydrogens is 128 g/mol. The van der Waals surface area contributed by atoms with Crippen molar-refractivity contribution in [2.75, 3.05) is 5.88 Å². The number of carbonyl (C=O) groups is 1. The number of hydrogen-bond donors (Lipinski definition) is 0. The molecule has 8 heavy (non-hydrogen) atoms. The normalized spacial score (nSPS) is 9.75. The molecule has 0 radical (unpaired) electrons. The fraction of sp³-hybridized carbons (Fsp3) is 0.400. The van der Waals surface area contributed by atoms with E-state index >= 15 is 0 Å². The number of carbonyl (C=O) groups excluding carboxylic acids is 1. The second-order valence-electron chi connectivity index (χ2n) is 1.14. The zero-order chi connectivity index (χ0) is 6.41. The van der Waals surface area contributed by atoms with Crippen LogP contribution in [0, 0.1) is 0 Å². The van der Waals surface area contributed by atoms with Crippen molar-refractivity contribution < 1.29 is 9.53 Å². The summed E-state index contributed by atoms with van der Waals surface area (Å²) in [4.78, 5) is 10.0. The lowest BCUT2D eigenvalue weighted by Crippen LogP contribution is -1.88. The number of rotatable bonds is 2. The lowest BCUT2D eigenvalue weighted by Gasteiger charge is -1.86. The van der Waals surface area contributed by atoms with Crippen LogP contribution in [0.4, 0.5) is 0 Å². The molecular formula is C5H7ClO2. The largest absolute Gasteiger partial charge is 0.435 e. The van der Waals surface area contributed by atoms with Crippen molar-refractivity contribution in [3.05, 3.63) is 12.3 Å². The maximum absolute atomic E-state index is 10.0. The van der Waals surface area contributed by atoms with E-state index in [-0.39, 0.29) is 5.97 Å². The Bertz CT molecular complexity index is 98.6. The van der Waals surface area contributed by atoms with Crippen molar-refractivity contribution in [2.24, 2.45) is 0 Å². The van der Waals surface area contributed by atoms with Gasteiger partial charge in [-0.2, -0.15) is 0 Å². The molecule has 3 heteroatoms. The van der Waals surface area contributed by atoms with Crippen molar-refractivity contribution in [1.82, 2.24) is 0 Å². The summed E-state index contributed by atoms with van der Waals surface area (Å²) in [7, 11) is 0. The Kier molecular flexibility index (Phi) is 4.36. The van der Waals surface area contributed by atoms with Gasteiger partial charge in [-0.05, 0) is 6.08 Å². The molecule has 0 aromatic carbocycles. The molecule has 46 valence electrons. The van der Waals surface area contributed by atoms with Gasteiger partial charge in [0.15, 0.2) is 0 Å². The molecule has 0 aliphatic carbocycles. The van der Waals surface area contributed by atoms with E-state index in [0.29, 0.717) is 5.88 Å². The maximum atomic E-state index is 10.0. The molecule has 0 N–H and O–H groups in total. The average molecular weight is 135 g/mol. The van der Waals surface area contributed by atoms with Crippen LogP contribution >= 0.6 is 11.6 Å². The highest BCUT2D eigenvalue weighted by Crippen LogP contribution is 1.80. The number of alkyl halides is 1. The first-order valence-electron chi connectivity index (χ1n) is 2.15. The van der Waals surface area contributed by atoms with Crippen LogP contribution in [0.5, 0.6) is 0 Å². The summed E-state index contributed by atoms with van der Waals surface area (Å²) < 4.78 is 4.38. The van der Waals surface area contributed by atoms with Gasteiger partial charge in [-0.1, -0.05) is 0 Å². The highest BCUT2D eigenvalue weighted by atomic mass is 35.5. The predicted octanol–water partition coefficient (Wildman–Crippen LogP) is 1.30. The van der Waals surface area contributed by atoms with Crippen molar-refractivity contribution in [1.29, 1.82) is 0 Å². The fourth-order valence-electron chi connectivity index (χ4n) is 0.180. The third kappa shape index (κ3) is 5.50. The molecule has 2 nitrogen and oxygen atoms in total. The molecule has 0 amide bonds. The van der Waals surface area contributed by atoms with Crippen LogP contribution in [-0.2, 0) is 9.53 Å². The van der Waals surface area contributed by atoms with Crippen LogP contribution in [0.3, 0.4) is 0 Å². The minimum absolute atomic E-state index is 0.327. The van der Waals surface area contributed by atoms with Crippen LogP contribution in [0.25, 0.3) is 0 Å². The molecule has 0 rings (SSSR count). The lowest BCUT2D eigenvalue weighted by molar-refractivity contribution is -0.135. The summed E-state index contributed by atoms with van der Waals surface area (Å²) in [5, 5.41) is 0. The molecule has 0 aromatic rings. The molecule has 0 atom stereocenters. The van der Waals surface area contributed by atoms with Gasteiger partial charge in [-0.25, -0.2) is 0 Å². The first kappa shape index (κ1) is 7.50. The van der Waals surface area contributed by atoms with Gasteiger partial charge in [-0.3, -0.25) is 4.79 Å². The first-order valence-corrected chi connectivity index (χ1v) is 2.69. The van der Waals surface area contributed by atoms with Crippen molar-refractivity contribution >= 4 is 17.6 Å². The van der Waals surface area contributed by atoms with Crippen LogP contribution < -0.4 is 0 Å². The third-order valence-electron chi connectivity index (χ3n) is 0.419. The van der Waals surface area contributed by atoms with E-state index in [0.717, 1.165) is 0 Å². The molecule has 0 aliphatic heterocycles. The number of allylic oxidation sites excluding steroid dienone is 1. The van der Waals surface area contributed by atoms with Gasteiger partial charge in [0.05, 0.1) is 6.26 Å². The van der Waals surface area contributed by atoms with Gasteiger partial charge in [0.2, 0.25) is 0 Å². The molecule has 0 saturated carbocycles. The summed E-state index contributed by atoms with van der Waals surface area (Å²) in [6.07, 6.45) is 2.82. The number of esters is 1. The van der Waals surface area contributed by atoms with Crippen LogP contribution in [0.15, 0.2) is 12.3 Å². The van der Waals surface area contributed by atoms with E-state index < -0.39 is 0 Å². The van der Waals surface area contributed by atoms with E-state index in [1.807, 2.05) is 0 Å². The number of halogens is 1. The zero-order valence-corrected chi connectivity index (χ0v) is 5.31. The Hall–Kier alpha value is -0.500. The van der Waals surface area contributed by atoms with Crippen molar-refractivity contribution in [3.8, 4) is 0 Å². The number of ether oxygens (including phenoxy) is 1. The Morgan fingerprint density at radius 1 is 1.88 bits per heavy atom. The Morgan fingerprint density at radius 3 is 2.88 bits per heavy atom. The molecule has 0 saturated heterocycles. The van der Waals surface area contributed by atoms with E-state index in [4.69, 9.17) is 11.6 Å². The molecule has 0 aliphatic rings. The van der Waals surface area contributed by atoms with Crippen LogP contribution in [0.1, 0.15) is 6.92 Å². The van der Waals surface area contributed by atoms with E-state index in [2.05, 4.69) is 4.74 Å². The zero-order valence-electron chi connectivity index (χ0n) is 4.56. The Labute approximate surface area is 53.1 Å². The standard InChI is InChI=1S/C5H7ClO2/c1-5(7)8-4-2-3-6/h2,4H,3H2,1H3/b4-2-. The smallest absolute Gasteiger partial charge is 0.307 e. The van der Waals surface area contributed by atoms with Gasteiger partial charge in [0, 0.05) is 12.8 Å². The third-order valence-corrected chi connectivity index (χ3v) is 0.597. The van der Waals surface area contributed by atoms with Crippen LogP contribution in [-0.4, -0.2) is 11.8 Å². The second kappa shape index (κ2) is 4.65. The molecule has 0 heterocycles. The van der Waals surface area contributed by atoms with Gasteiger partial charge in [0.25, 0.3) is 0 Å². The molecule has 0 spiro atoms. The fourth-order valence-corrected chi connectivity index (χ4v) is 0.253. The topological polar surface area (TPSA) is 26.3 Å². The lowest BCUT2D eigenvalue weighted by atomic mass is 10.7. The molecule has 0 bridgehead atoms. The quantitative estimate of drug-likeness (QED) is 0.323. The van der Waals surface area contributed by atoms with Crippen LogP contribution in [0.2, 0.25) is 0 Å². The summed E-state index contributed by atoms with van der Waals surface area (Å²) in [5.41, 5.74) is 0. The maximum Gasteiger partial charge on any atom is 0.307 e. The van der Waals surface area contributed by atoms with Gasteiger partial charge >= 0.3 is 5.97 Å². The van der Waals surface area contributed by atoms with Gasteiger partial charge in [-0.15, -0.1) is 11.6 Å². The van der Waals surface area contributed by atoms with E-state index in [9.17, 15) is 4.79 Å². The van der Waals surface area contributed by atoms with Gasteiger partial charge in [0.1, 0.15) is 0 Å². The van der Waals surface area contributed by atoms with Crippen molar-refractivity contribution in [2.45, 2.75) is 6.92 Å². The minimum Gasteiger partial charge on any atom is -0.435 e. The summed E-state index contributed by atoms with van der Waals surface area (Å²) >= 11 is 5.21. The number of hydrogen-bond acceptors (Lipinski definition) is 2. The first-order chi connectivity index (χ1) is 3.77. The second-order valence-corrected chi connectivity index (χ2v) is 1.44. The van der Waals surface area contributed by atoms with Crippen molar-refractivity contribution in [3.63, 3.8) is 0 Å². The predicted molar refractivity (Wildman–Crippen MR) is 31.6 cm³/mol. The monoisotopic (exact) mass is 134 g/mol. The van der Waals surface area contributed by atoms with E-state index in [1.165, 1.54) is 13.2 Å². The minimum atomic E-state index is -0.327. The average Bonchev–Trinajstić information content (AvgIpc) is 1.66. The summed E-state index contributed by atoms with van der Waals surface area (Å²) in [6, 6.07) is 0. The molecule has 0 fully saturated rings. The summed E-state index contributed by atoms with van der Waals surface area (Å²) in [6.45, 7) is 1.33. The molecule has 0 unspecified atom stereocenters. The Morgan fingerprint density at radius 2 is 2.50 bits per heavy atom. The highest BCUT2D eigenvalue weighted by molar-refractivity contribution is 6.18. The highest BCUT2D eigenvalue weighted by Gasteiger charge is 1.81. The summed E-state index contributed by atoms with van der Waals surface area (Å²) in [5.74, 6) is 0.0409. The van der Waals surface area contributed by atoms with Gasteiger partial charge < -0.3 is 4.74 Å². The SMILES string of the molecule is CC(=O)O/C=C\CCl. The van der Waals surface area contributed by atoms with E-state index in [1.54, 1.807) is 6.08 Å². The Balaban J connectivity index is 3.16. The molecule has 0 aromatic heterocycles.